The van der Waals surface area contributed by atoms with Crippen LogP contribution in [0.3, 0.4) is 0 Å². The molecule has 0 saturated carbocycles. The molecule has 0 aliphatic carbocycles. The SMILES string of the molecule is CNCc1cccc(Oc2cc(Cl)ccc2C#N)c1OCCF.O=C(O)C=CC(=O)O. The maximum Gasteiger partial charge on any atom is 0.328 e. The maximum atomic E-state index is 12.5. The van der Waals surface area contributed by atoms with Crippen LogP contribution >= 0.6 is 11.6 Å². The Morgan fingerprint density at radius 2 is 1.87 bits per heavy atom. The molecular formula is C21H20ClFN2O6. The van der Waals surface area contributed by atoms with Crippen molar-refractivity contribution in [2.45, 2.75) is 6.54 Å². The Hall–Kier alpha value is -3.61. The zero-order valence-electron chi connectivity index (χ0n) is 16.5. The molecule has 0 radical (unpaired) electrons. The van der Waals surface area contributed by atoms with Crippen LogP contribution < -0.4 is 14.8 Å². The Kier molecular flexibility index (Phi) is 11.1. The van der Waals surface area contributed by atoms with E-state index in [1.807, 2.05) is 12.1 Å². The van der Waals surface area contributed by atoms with Gasteiger partial charge in [-0.2, -0.15) is 5.26 Å². The first-order chi connectivity index (χ1) is 14.8. The summed E-state index contributed by atoms with van der Waals surface area (Å²) in [5.41, 5.74) is 1.18. The third kappa shape index (κ3) is 9.16. The second-order valence-corrected chi connectivity index (χ2v) is 6.11. The average Bonchev–Trinajstić information content (AvgIpc) is 2.73. The molecule has 0 saturated heterocycles. The van der Waals surface area contributed by atoms with Crippen molar-refractivity contribution >= 4 is 23.5 Å². The first kappa shape index (κ1) is 25.4. The topological polar surface area (TPSA) is 129 Å². The number of carboxylic acids is 2. The monoisotopic (exact) mass is 450 g/mol. The van der Waals surface area contributed by atoms with Gasteiger partial charge in [-0.15, -0.1) is 0 Å². The van der Waals surface area contributed by atoms with E-state index in [4.69, 9.17) is 31.3 Å². The van der Waals surface area contributed by atoms with Crippen molar-refractivity contribution < 1.29 is 33.7 Å². The highest BCUT2D eigenvalue weighted by atomic mass is 35.5. The summed E-state index contributed by atoms with van der Waals surface area (Å²) in [5, 5.41) is 28.3. The van der Waals surface area contributed by atoms with Crippen LogP contribution in [-0.4, -0.2) is 42.5 Å². The lowest BCUT2D eigenvalue weighted by Crippen LogP contribution is -2.09. The molecule has 0 spiro atoms. The maximum absolute atomic E-state index is 12.5. The van der Waals surface area contributed by atoms with E-state index in [2.05, 4.69) is 5.32 Å². The van der Waals surface area contributed by atoms with Crippen LogP contribution in [0.2, 0.25) is 5.02 Å². The van der Waals surface area contributed by atoms with Crippen molar-refractivity contribution in [1.82, 2.24) is 5.32 Å². The highest BCUT2D eigenvalue weighted by molar-refractivity contribution is 6.30. The Bertz CT molecular complexity index is 959. The van der Waals surface area contributed by atoms with Gasteiger partial charge in [0.1, 0.15) is 25.1 Å². The zero-order valence-corrected chi connectivity index (χ0v) is 17.2. The molecule has 3 N–H and O–H groups in total. The molecule has 0 aliphatic rings. The second-order valence-electron chi connectivity index (χ2n) is 5.68. The molecule has 0 unspecified atom stereocenters. The van der Waals surface area contributed by atoms with Gasteiger partial charge in [0.15, 0.2) is 11.5 Å². The van der Waals surface area contributed by atoms with Crippen LogP contribution in [0.15, 0.2) is 48.6 Å². The molecule has 2 aromatic rings. The number of carbonyl (C=O) groups is 2. The van der Waals surface area contributed by atoms with Crippen molar-refractivity contribution in [3.8, 4) is 23.3 Å². The van der Waals surface area contributed by atoms with Crippen LogP contribution in [0.4, 0.5) is 4.39 Å². The van der Waals surface area contributed by atoms with Crippen molar-refractivity contribution in [1.29, 1.82) is 5.26 Å². The normalized spacial score (nSPS) is 10.0. The van der Waals surface area contributed by atoms with E-state index < -0.39 is 18.6 Å². The van der Waals surface area contributed by atoms with Gasteiger partial charge in [-0.25, -0.2) is 14.0 Å². The Balaban J connectivity index is 0.000000512. The van der Waals surface area contributed by atoms with E-state index in [9.17, 15) is 19.2 Å². The standard InChI is InChI=1S/C17H16ClFN2O2.C4H4O4/c1-21-11-13-3-2-4-15(17(13)22-8-7-19)23-16-9-14(18)6-5-12(16)10-20;5-3(6)1-2-4(7)8/h2-6,9,21H,7-8,11H2,1H3;1-2H,(H,5,6)(H,7,8). The summed E-state index contributed by atoms with van der Waals surface area (Å²) >= 11 is 5.96. The number of rotatable bonds is 9. The molecule has 0 atom stereocenters. The highest BCUT2D eigenvalue weighted by Gasteiger charge is 2.14. The number of benzene rings is 2. The number of nitrogens with zero attached hydrogens (tertiary/aromatic N) is 1. The number of para-hydroxylation sites is 1. The molecule has 2 rings (SSSR count). The first-order valence-corrected chi connectivity index (χ1v) is 9.16. The van der Waals surface area contributed by atoms with Crippen molar-refractivity contribution in [2.24, 2.45) is 0 Å². The number of nitriles is 1. The summed E-state index contributed by atoms with van der Waals surface area (Å²) in [6.07, 6.45) is 1.12. The van der Waals surface area contributed by atoms with Crippen LogP contribution in [0.25, 0.3) is 0 Å². The number of hydrogen-bond acceptors (Lipinski definition) is 6. The van der Waals surface area contributed by atoms with Gasteiger partial charge in [0.25, 0.3) is 0 Å². The summed E-state index contributed by atoms with van der Waals surface area (Å²) in [4.78, 5) is 19.1. The third-order valence-corrected chi connectivity index (χ3v) is 3.64. The molecule has 10 heteroatoms. The number of halogens is 2. The summed E-state index contributed by atoms with van der Waals surface area (Å²) in [6, 6.07) is 12.2. The van der Waals surface area contributed by atoms with Gasteiger partial charge in [0.05, 0.1) is 5.56 Å². The lowest BCUT2D eigenvalue weighted by atomic mass is 10.1. The Morgan fingerprint density at radius 1 is 1.19 bits per heavy atom. The molecule has 31 heavy (non-hydrogen) atoms. The fraction of sp³-hybridized carbons (Fsp3) is 0.190. The van der Waals surface area contributed by atoms with Crippen molar-refractivity contribution in [3.63, 3.8) is 0 Å². The van der Waals surface area contributed by atoms with Crippen LogP contribution in [0, 0.1) is 11.3 Å². The van der Waals surface area contributed by atoms with Crippen molar-refractivity contribution in [2.75, 3.05) is 20.3 Å². The number of aliphatic carboxylic acids is 2. The summed E-state index contributed by atoms with van der Waals surface area (Å²) in [7, 11) is 1.80. The van der Waals surface area contributed by atoms with Gasteiger partial charge in [0, 0.05) is 35.3 Å². The van der Waals surface area contributed by atoms with Gasteiger partial charge in [0.2, 0.25) is 0 Å². The number of nitrogens with one attached hydrogen (secondary N) is 1. The van der Waals surface area contributed by atoms with E-state index in [0.717, 1.165) is 5.56 Å². The van der Waals surface area contributed by atoms with Crippen LogP contribution in [0.1, 0.15) is 11.1 Å². The largest absolute Gasteiger partial charge is 0.487 e. The quantitative estimate of drug-likeness (QED) is 0.492. The van der Waals surface area contributed by atoms with E-state index in [1.165, 1.54) is 0 Å². The molecule has 0 amide bonds. The van der Waals surface area contributed by atoms with Gasteiger partial charge >= 0.3 is 11.9 Å². The summed E-state index contributed by atoms with van der Waals surface area (Å²) in [5.74, 6) is -1.33. The second kappa shape index (κ2) is 13.6. The van der Waals surface area contributed by atoms with Gasteiger partial charge < -0.3 is 25.0 Å². The fourth-order valence-corrected chi connectivity index (χ4v) is 2.37. The molecule has 8 nitrogen and oxygen atoms in total. The number of alkyl halides is 1. The summed E-state index contributed by atoms with van der Waals surface area (Å²) < 4.78 is 23.8. The van der Waals surface area contributed by atoms with E-state index in [1.54, 1.807) is 37.4 Å². The molecule has 164 valence electrons. The van der Waals surface area contributed by atoms with Crippen LogP contribution in [0.5, 0.6) is 17.2 Å². The predicted molar refractivity (Wildman–Crippen MR) is 111 cm³/mol. The number of ether oxygens (including phenoxy) is 2. The minimum absolute atomic E-state index is 0.0717. The predicted octanol–water partition coefficient (Wildman–Crippen LogP) is 3.78. The van der Waals surface area contributed by atoms with E-state index >= 15 is 0 Å². The Labute approximate surface area is 183 Å². The minimum Gasteiger partial charge on any atom is -0.487 e. The first-order valence-electron chi connectivity index (χ1n) is 8.79. The number of carboxylic acid groups (broad SMARTS) is 2. The fourth-order valence-electron chi connectivity index (χ4n) is 2.21. The van der Waals surface area contributed by atoms with Gasteiger partial charge in [-0.3, -0.25) is 0 Å². The molecule has 0 heterocycles. The minimum atomic E-state index is -1.26. The molecule has 2 aromatic carbocycles. The molecule has 0 aromatic heterocycles. The lowest BCUT2D eigenvalue weighted by Gasteiger charge is -2.16. The van der Waals surface area contributed by atoms with Gasteiger partial charge in [-0.05, 0) is 25.2 Å². The molecule has 0 aliphatic heterocycles. The third-order valence-electron chi connectivity index (χ3n) is 3.40. The van der Waals surface area contributed by atoms with E-state index in [-0.39, 0.29) is 6.61 Å². The average molecular weight is 451 g/mol. The molecule has 0 bridgehead atoms. The van der Waals surface area contributed by atoms with Crippen LogP contribution in [-0.2, 0) is 16.1 Å². The number of hydrogen-bond donors (Lipinski definition) is 3. The highest BCUT2D eigenvalue weighted by Crippen LogP contribution is 2.36. The lowest BCUT2D eigenvalue weighted by molar-refractivity contribution is -0.134. The van der Waals surface area contributed by atoms with Crippen molar-refractivity contribution in [3.05, 3.63) is 64.7 Å². The van der Waals surface area contributed by atoms with E-state index in [0.29, 0.717) is 46.5 Å². The smallest absolute Gasteiger partial charge is 0.328 e. The summed E-state index contributed by atoms with van der Waals surface area (Å²) in [6.45, 7) is -0.134. The molecular weight excluding hydrogens is 431 g/mol. The Morgan fingerprint density at radius 3 is 2.42 bits per heavy atom. The zero-order chi connectivity index (χ0) is 23.2. The molecule has 0 fully saturated rings. The van der Waals surface area contributed by atoms with Gasteiger partial charge in [-0.1, -0.05) is 23.7 Å².